The number of anilines is 2. The first-order valence-electron chi connectivity index (χ1n) is 9.48. The number of nitrogens with one attached hydrogen (secondary N) is 2. The first kappa shape index (κ1) is 17.2. The maximum atomic E-state index is 6.84. The van der Waals surface area contributed by atoms with Crippen molar-refractivity contribution < 1.29 is 0 Å². The van der Waals surface area contributed by atoms with Gasteiger partial charge in [-0.3, -0.25) is 0 Å². The second kappa shape index (κ2) is 6.63. The molecule has 28 heavy (non-hydrogen) atoms. The number of hydrogen-bond acceptors (Lipinski definition) is 3. The third-order valence-electron chi connectivity index (χ3n) is 5.60. The van der Waals surface area contributed by atoms with Gasteiger partial charge in [0.05, 0.1) is 5.69 Å². The Kier molecular flexibility index (Phi) is 4.08. The van der Waals surface area contributed by atoms with Crippen molar-refractivity contribution in [3.63, 3.8) is 0 Å². The molecule has 0 radical (unpaired) electrons. The predicted molar refractivity (Wildman–Crippen MR) is 125 cm³/mol. The molecule has 0 aromatic heterocycles. The van der Waals surface area contributed by atoms with Gasteiger partial charge in [-0.2, -0.15) is 0 Å². The van der Waals surface area contributed by atoms with Crippen molar-refractivity contribution in [2.45, 2.75) is 6.04 Å². The highest BCUT2D eigenvalue weighted by atomic mass is 31.1. The molecule has 1 saturated heterocycles. The van der Waals surface area contributed by atoms with Crippen LogP contribution in [0.2, 0.25) is 0 Å². The van der Waals surface area contributed by atoms with E-state index in [2.05, 4.69) is 77.6 Å². The van der Waals surface area contributed by atoms with Gasteiger partial charge in [-0.1, -0.05) is 63.0 Å². The SMILES string of the molecule is C=Pc1cc2ccccc2c(-c2c(N)c(C3CN3)cc3ccccc23)c1NC. The van der Waals surface area contributed by atoms with E-state index in [1.807, 2.05) is 7.05 Å². The number of hydrogen-bond donors (Lipinski definition) is 3. The molecule has 0 bridgehead atoms. The number of rotatable bonds is 4. The van der Waals surface area contributed by atoms with Crippen LogP contribution >= 0.6 is 8.20 Å². The molecule has 4 heteroatoms. The van der Waals surface area contributed by atoms with Gasteiger partial charge in [0, 0.05) is 41.8 Å². The minimum absolute atomic E-state index is 0.349. The van der Waals surface area contributed by atoms with Crippen molar-refractivity contribution in [2.75, 3.05) is 24.6 Å². The Morgan fingerprint density at radius 1 is 1.00 bits per heavy atom. The largest absolute Gasteiger partial charge is 0.398 e. The van der Waals surface area contributed by atoms with Gasteiger partial charge < -0.3 is 16.4 Å². The van der Waals surface area contributed by atoms with Crippen LogP contribution < -0.4 is 21.7 Å². The summed E-state index contributed by atoms with van der Waals surface area (Å²) in [7, 11) is 2.96. The standard InChI is InChI=1S/C24H22N3P/c1-26-24-20(28-2)12-15-8-4-6-10-17(15)22(24)21-16-9-5-3-7-14(16)11-18(23(21)25)19-13-27-19/h3-12,19,26-27H,2,13,25H2,1H3. The minimum atomic E-state index is 0.349. The second-order valence-corrected chi connectivity index (χ2v) is 8.01. The summed E-state index contributed by atoms with van der Waals surface area (Å²) in [5, 5.41) is 12.9. The summed E-state index contributed by atoms with van der Waals surface area (Å²) in [6.07, 6.45) is 4.14. The maximum absolute atomic E-state index is 6.84. The molecular formula is C24H22N3P. The van der Waals surface area contributed by atoms with E-state index in [0.717, 1.165) is 31.7 Å². The zero-order chi connectivity index (χ0) is 19.3. The number of nitrogen functional groups attached to an aromatic ring is 1. The molecule has 4 aromatic carbocycles. The smallest absolute Gasteiger partial charge is 0.0544 e. The van der Waals surface area contributed by atoms with Crippen molar-refractivity contribution >= 4 is 52.7 Å². The van der Waals surface area contributed by atoms with E-state index in [1.54, 1.807) is 0 Å². The molecule has 1 fully saturated rings. The van der Waals surface area contributed by atoms with E-state index in [4.69, 9.17) is 5.73 Å². The van der Waals surface area contributed by atoms with Gasteiger partial charge in [0.1, 0.15) is 0 Å². The van der Waals surface area contributed by atoms with Crippen LogP contribution in [0.3, 0.4) is 0 Å². The summed E-state index contributed by atoms with van der Waals surface area (Å²) in [6, 6.07) is 21.9. The van der Waals surface area contributed by atoms with Crippen molar-refractivity contribution in [1.82, 2.24) is 5.32 Å². The molecule has 0 aliphatic carbocycles. The normalized spacial score (nSPS) is 16.0. The van der Waals surface area contributed by atoms with Crippen LogP contribution in [0.1, 0.15) is 11.6 Å². The van der Waals surface area contributed by atoms with E-state index in [1.165, 1.54) is 38.0 Å². The van der Waals surface area contributed by atoms with Gasteiger partial charge in [0.15, 0.2) is 0 Å². The van der Waals surface area contributed by atoms with Crippen LogP contribution in [0.4, 0.5) is 11.4 Å². The average Bonchev–Trinajstić information content (AvgIpc) is 3.57. The Balaban J connectivity index is 2.00. The van der Waals surface area contributed by atoms with Gasteiger partial charge in [-0.05, 0) is 39.2 Å². The van der Waals surface area contributed by atoms with E-state index < -0.39 is 0 Å². The highest BCUT2D eigenvalue weighted by Crippen LogP contribution is 2.45. The Labute approximate surface area is 166 Å². The number of benzene rings is 4. The second-order valence-electron chi connectivity index (χ2n) is 7.21. The van der Waals surface area contributed by atoms with Crippen molar-refractivity contribution in [2.24, 2.45) is 0 Å². The van der Waals surface area contributed by atoms with E-state index >= 15 is 0 Å². The summed E-state index contributed by atoms with van der Waals surface area (Å²) < 4.78 is 0. The molecule has 4 N–H and O–H groups in total. The molecule has 0 amide bonds. The molecule has 1 atom stereocenters. The number of fused-ring (bicyclic) bond motifs is 2. The summed E-state index contributed by atoms with van der Waals surface area (Å²) in [4.78, 5) is 0. The summed E-state index contributed by atoms with van der Waals surface area (Å²) in [5.74, 6) is 0. The molecular weight excluding hydrogens is 361 g/mol. The average molecular weight is 383 g/mol. The van der Waals surface area contributed by atoms with Gasteiger partial charge in [-0.15, -0.1) is 0 Å². The molecule has 1 aliphatic heterocycles. The van der Waals surface area contributed by atoms with Crippen molar-refractivity contribution in [3.8, 4) is 11.1 Å². The molecule has 1 aliphatic rings. The molecule has 1 heterocycles. The summed E-state index contributed by atoms with van der Waals surface area (Å²) >= 11 is 0. The zero-order valence-electron chi connectivity index (χ0n) is 15.8. The van der Waals surface area contributed by atoms with Crippen LogP contribution in [0.25, 0.3) is 32.7 Å². The lowest BCUT2D eigenvalue weighted by atomic mass is 9.88. The van der Waals surface area contributed by atoms with Crippen LogP contribution in [0, 0.1) is 0 Å². The fraction of sp³-hybridized carbons (Fsp3) is 0.125. The number of nitrogens with two attached hydrogens (primary N) is 1. The van der Waals surface area contributed by atoms with E-state index in [0.29, 0.717) is 6.04 Å². The maximum Gasteiger partial charge on any atom is 0.0544 e. The van der Waals surface area contributed by atoms with E-state index in [-0.39, 0.29) is 0 Å². The van der Waals surface area contributed by atoms with Crippen LogP contribution in [0.15, 0.2) is 60.7 Å². The molecule has 0 saturated carbocycles. The first-order valence-corrected chi connectivity index (χ1v) is 10.6. The van der Waals surface area contributed by atoms with Crippen LogP contribution in [-0.2, 0) is 0 Å². The molecule has 0 spiro atoms. The fourth-order valence-corrected chi connectivity index (χ4v) is 4.80. The lowest BCUT2D eigenvalue weighted by Gasteiger charge is -2.21. The van der Waals surface area contributed by atoms with Gasteiger partial charge in [0.25, 0.3) is 0 Å². The Morgan fingerprint density at radius 2 is 1.61 bits per heavy atom. The van der Waals surface area contributed by atoms with Crippen molar-refractivity contribution in [3.05, 3.63) is 66.2 Å². The minimum Gasteiger partial charge on any atom is -0.398 e. The molecule has 5 rings (SSSR count). The van der Waals surface area contributed by atoms with Gasteiger partial charge in [-0.25, -0.2) is 0 Å². The molecule has 1 unspecified atom stereocenters. The summed E-state index contributed by atoms with van der Waals surface area (Å²) in [6.45, 7) is 0.985. The Morgan fingerprint density at radius 3 is 2.21 bits per heavy atom. The van der Waals surface area contributed by atoms with Gasteiger partial charge in [0.2, 0.25) is 0 Å². The van der Waals surface area contributed by atoms with E-state index in [9.17, 15) is 0 Å². The Bertz CT molecular complexity index is 1240. The lowest BCUT2D eigenvalue weighted by molar-refractivity contribution is 1.09. The monoisotopic (exact) mass is 383 g/mol. The quantitative estimate of drug-likeness (QED) is 0.266. The van der Waals surface area contributed by atoms with Crippen LogP contribution in [0.5, 0.6) is 0 Å². The Hall–Kier alpha value is -2.87. The first-order chi connectivity index (χ1) is 13.7. The molecule has 3 nitrogen and oxygen atoms in total. The fourth-order valence-electron chi connectivity index (χ4n) is 4.19. The van der Waals surface area contributed by atoms with Crippen LogP contribution in [-0.4, -0.2) is 19.9 Å². The topological polar surface area (TPSA) is 60.0 Å². The third kappa shape index (κ3) is 2.59. The zero-order valence-corrected chi connectivity index (χ0v) is 16.7. The molecule has 138 valence electrons. The third-order valence-corrected chi connectivity index (χ3v) is 6.30. The molecule has 4 aromatic rings. The lowest BCUT2D eigenvalue weighted by Crippen LogP contribution is -2.08. The van der Waals surface area contributed by atoms with Crippen molar-refractivity contribution in [1.29, 1.82) is 0 Å². The highest BCUT2D eigenvalue weighted by molar-refractivity contribution is 7.46. The summed E-state index contributed by atoms with van der Waals surface area (Å²) in [5.41, 5.74) is 12.3. The predicted octanol–water partition coefficient (Wildman–Crippen LogP) is 4.93. The highest BCUT2D eigenvalue weighted by Gasteiger charge is 2.28. The van der Waals surface area contributed by atoms with Gasteiger partial charge >= 0.3 is 0 Å².